The van der Waals surface area contributed by atoms with E-state index in [1.165, 1.54) is 11.5 Å². The van der Waals surface area contributed by atoms with E-state index in [9.17, 15) is 4.79 Å². The van der Waals surface area contributed by atoms with Crippen LogP contribution in [0.15, 0.2) is 0 Å². The van der Waals surface area contributed by atoms with Crippen LogP contribution in [0.25, 0.3) is 0 Å². The zero-order valence-corrected chi connectivity index (χ0v) is 6.77. The molecule has 0 bridgehead atoms. The quantitative estimate of drug-likeness (QED) is 0.602. The van der Waals surface area contributed by atoms with Crippen molar-refractivity contribution in [1.29, 1.82) is 0 Å². The summed E-state index contributed by atoms with van der Waals surface area (Å²) in [6.07, 6.45) is 3.11. The van der Waals surface area contributed by atoms with Crippen LogP contribution >= 0.6 is 11.8 Å². The second-order valence-electron chi connectivity index (χ2n) is 2.66. The van der Waals surface area contributed by atoms with Crippen molar-refractivity contribution in [1.82, 2.24) is 0 Å². The number of rotatable bonds is 2. The Morgan fingerprint density at radius 2 is 2.10 bits per heavy atom. The van der Waals surface area contributed by atoms with Gasteiger partial charge in [-0.15, -0.1) is 0 Å². The van der Waals surface area contributed by atoms with Crippen molar-refractivity contribution in [3.63, 3.8) is 0 Å². The highest BCUT2D eigenvalue weighted by atomic mass is 32.2. The van der Waals surface area contributed by atoms with Crippen molar-refractivity contribution < 1.29 is 4.79 Å². The van der Waals surface area contributed by atoms with Crippen LogP contribution in [-0.4, -0.2) is 23.8 Å². The first-order valence-corrected chi connectivity index (χ1v) is 4.78. The molecule has 0 saturated carbocycles. The second-order valence-corrected chi connectivity index (χ2v) is 3.89. The van der Waals surface area contributed by atoms with E-state index in [1.807, 2.05) is 11.8 Å². The van der Waals surface area contributed by atoms with Crippen LogP contribution in [0.1, 0.15) is 12.8 Å². The van der Waals surface area contributed by atoms with E-state index in [-0.39, 0.29) is 6.04 Å². The molecule has 58 valence electrons. The van der Waals surface area contributed by atoms with Gasteiger partial charge < -0.3 is 10.5 Å². The number of carbonyl (C=O) groups is 1. The van der Waals surface area contributed by atoms with Gasteiger partial charge in [0.15, 0.2) is 0 Å². The smallest absolute Gasteiger partial charge is 0.136 e. The van der Waals surface area contributed by atoms with Crippen molar-refractivity contribution in [3.8, 4) is 0 Å². The molecule has 3 heteroatoms. The van der Waals surface area contributed by atoms with E-state index in [1.54, 1.807) is 0 Å². The molecule has 0 amide bonds. The first-order valence-electron chi connectivity index (χ1n) is 3.63. The summed E-state index contributed by atoms with van der Waals surface area (Å²) in [5.74, 6) is 2.80. The molecule has 10 heavy (non-hydrogen) atoms. The summed E-state index contributed by atoms with van der Waals surface area (Å²) in [6.45, 7) is 0. The third-order valence-electron chi connectivity index (χ3n) is 1.97. The van der Waals surface area contributed by atoms with Crippen molar-refractivity contribution in [2.45, 2.75) is 18.9 Å². The van der Waals surface area contributed by atoms with Gasteiger partial charge in [-0.2, -0.15) is 11.8 Å². The van der Waals surface area contributed by atoms with E-state index < -0.39 is 0 Å². The van der Waals surface area contributed by atoms with Gasteiger partial charge in [-0.25, -0.2) is 0 Å². The second kappa shape index (κ2) is 3.98. The highest BCUT2D eigenvalue weighted by Crippen LogP contribution is 2.23. The Labute approximate surface area is 65.5 Å². The van der Waals surface area contributed by atoms with Crippen LogP contribution in [0.3, 0.4) is 0 Å². The van der Waals surface area contributed by atoms with Gasteiger partial charge in [0.25, 0.3) is 0 Å². The molecule has 1 aliphatic heterocycles. The van der Waals surface area contributed by atoms with E-state index in [4.69, 9.17) is 5.73 Å². The summed E-state index contributed by atoms with van der Waals surface area (Å²) in [5, 5.41) is 0. The topological polar surface area (TPSA) is 43.1 Å². The number of carbonyl (C=O) groups excluding carboxylic acids is 1. The molecule has 1 unspecified atom stereocenters. The summed E-state index contributed by atoms with van der Waals surface area (Å²) in [7, 11) is 0. The van der Waals surface area contributed by atoms with Gasteiger partial charge in [-0.1, -0.05) is 0 Å². The van der Waals surface area contributed by atoms with Crippen LogP contribution in [0.4, 0.5) is 0 Å². The largest absolute Gasteiger partial charge is 0.322 e. The average molecular weight is 159 g/mol. The van der Waals surface area contributed by atoms with Crippen molar-refractivity contribution >= 4 is 18.0 Å². The van der Waals surface area contributed by atoms with Crippen LogP contribution in [0.5, 0.6) is 0 Å². The normalized spacial score (nSPS) is 24.1. The van der Waals surface area contributed by atoms with Crippen molar-refractivity contribution in [2.24, 2.45) is 11.7 Å². The van der Waals surface area contributed by atoms with E-state index >= 15 is 0 Å². The highest BCUT2D eigenvalue weighted by molar-refractivity contribution is 7.99. The Balaban J connectivity index is 2.30. The molecule has 1 heterocycles. The lowest BCUT2D eigenvalue weighted by atomic mass is 9.95. The lowest BCUT2D eigenvalue weighted by molar-refractivity contribution is -0.109. The monoisotopic (exact) mass is 159 g/mol. The lowest BCUT2D eigenvalue weighted by Gasteiger charge is -2.23. The molecule has 1 atom stereocenters. The predicted molar refractivity (Wildman–Crippen MR) is 44.1 cm³/mol. The third-order valence-corrected chi connectivity index (χ3v) is 3.02. The number of thioether (sulfide) groups is 1. The molecule has 1 rings (SSSR count). The SMILES string of the molecule is NC(C=O)C1CCSCC1. The van der Waals surface area contributed by atoms with Gasteiger partial charge in [0.2, 0.25) is 0 Å². The Hall–Kier alpha value is -0.0200. The maximum Gasteiger partial charge on any atom is 0.136 e. The molecule has 2 nitrogen and oxygen atoms in total. The van der Waals surface area contributed by atoms with Gasteiger partial charge in [0, 0.05) is 0 Å². The average Bonchev–Trinajstić information content (AvgIpc) is 2.05. The fraction of sp³-hybridized carbons (Fsp3) is 0.857. The van der Waals surface area contributed by atoms with E-state index in [2.05, 4.69) is 0 Å². The Bertz CT molecular complexity index is 112. The Morgan fingerprint density at radius 1 is 1.50 bits per heavy atom. The summed E-state index contributed by atoms with van der Waals surface area (Å²) in [4.78, 5) is 10.3. The molecule has 1 saturated heterocycles. The predicted octanol–water partition coefficient (Wildman–Crippen LogP) is 0.656. The highest BCUT2D eigenvalue weighted by Gasteiger charge is 2.19. The lowest BCUT2D eigenvalue weighted by Crippen LogP contribution is -2.33. The van der Waals surface area contributed by atoms with Crippen LogP contribution in [0.2, 0.25) is 0 Å². The molecule has 0 spiro atoms. The van der Waals surface area contributed by atoms with Gasteiger partial charge >= 0.3 is 0 Å². The number of nitrogens with two attached hydrogens (primary N) is 1. The summed E-state index contributed by atoms with van der Waals surface area (Å²) >= 11 is 1.96. The van der Waals surface area contributed by atoms with Gasteiger partial charge in [0.1, 0.15) is 6.29 Å². The molecular weight excluding hydrogens is 146 g/mol. The molecule has 2 N–H and O–H groups in total. The fourth-order valence-electron chi connectivity index (χ4n) is 1.21. The minimum absolute atomic E-state index is 0.208. The molecule has 0 radical (unpaired) electrons. The first kappa shape index (κ1) is 8.08. The number of hydrogen-bond acceptors (Lipinski definition) is 3. The Morgan fingerprint density at radius 3 is 2.60 bits per heavy atom. The summed E-state index contributed by atoms with van der Waals surface area (Å²) in [5.41, 5.74) is 5.57. The molecule has 1 fully saturated rings. The van der Waals surface area contributed by atoms with Gasteiger partial charge in [-0.3, -0.25) is 0 Å². The zero-order valence-electron chi connectivity index (χ0n) is 5.95. The standard InChI is InChI=1S/C7H13NOS/c8-7(5-9)6-1-3-10-4-2-6/h5-7H,1-4,8H2. The van der Waals surface area contributed by atoms with Crippen LogP contribution < -0.4 is 5.73 Å². The maximum absolute atomic E-state index is 10.3. The molecular formula is C7H13NOS. The fourth-order valence-corrected chi connectivity index (χ4v) is 2.35. The Kier molecular flexibility index (Phi) is 3.22. The summed E-state index contributed by atoms with van der Waals surface area (Å²) < 4.78 is 0. The number of hydrogen-bond donors (Lipinski definition) is 1. The van der Waals surface area contributed by atoms with Crippen LogP contribution in [0, 0.1) is 5.92 Å². The van der Waals surface area contributed by atoms with Crippen molar-refractivity contribution in [2.75, 3.05) is 11.5 Å². The minimum atomic E-state index is -0.208. The maximum atomic E-state index is 10.3. The van der Waals surface area contributed by atoms with Gasteiger partial charge in [-0.05, 0) is 30.3 Å². The third kappa shape index (κ3) is 1.99. The zero-order chi connectivity index (χ0) is 7.40. The molecule has 0 aliphatic carbocycles. The van der Waals surface area contributed by atoms with E-state index in [0.29, 0.717) is 5.92 Å². The van der Waals surface area contributed by atoms with E-state index in [0.717, 1.165) is 19.1 Å². The molecule has 0 aromatic heterocycles. The minimum Gasteiger partial charge on any atom is -0.322 e. The first-order chi connectivity index (χ1) is 4.84. The van der Waals surface area contributed by atoms with Crippen molar-refractivity contribution in [3.05, 3.63) is 0 Å². The molecule has 1 aliphatic rings. The molecule has 0 aromatic rings. The summed E-state index contributed by atoms with van der Waals surface area (Å²) in [6, 6.07) is -0.208. The van der Waals surface area contributed by atoms with Gasteiger partial charge in [0.05, 0.1) is 6.04 Å². The molecule has 0 aromatic carbocycles. The number of aldehydes is 1. The van der Waals surface area contributed by atoms with Crippen LogP contribution in [-0.2, 0) is 4.79 Å².